The van der Waals surface area contributed by atoms with Gasteiger partial charge in [0.15, 0.2) is 0 Å². The van der Waals surface area contributed by atoms with Gasteiger partial charge in [0, 0.05) is 31.9 Å². The van der Waals surface area contributed by atoms with Gasteiger partial charge in [0.2, 0.25) is 10.0 Å². The largest absolute Gasteiger partial charge is 0.381 e. The Morgan fingerprint density at radius 1 is 1.38 bits per heavy atom. The van der Waals surface area contributed by atoms with Crippen LogP contribution < -0.4 is 5.32 Å². The molecule has 21 heavy (non-hydrogen) atoms. The lowest BCUT2D eigenvalue weighted by Crippen LogP contribution is -2.47. The molecular weight excluding hydrogens is 288 g/mol. The van der Waals surface area contributed by atoms with Gasteiger partial charge >= 0.3 is 0 Å². The maximum atomic E-state index is 12.4. The van der Waals surface area contributed by atoms with E-state index < -0.39 is 10.0 Å². The van der Waals surface area contributed by atoms with Crippen LogP contribution in [-0.4, -0.2) is 50.8 Å². The Labute approximate surface area is 127 Å². The Kier molecular flexibility index (Phi) is 5.61. The molecule has 5 nitrogen and oxygen atoms in total. The van der Waals surface area contributed by atoms with Crippen LogP contribution in [0.1, 0.15) is 19.8 Å². The van der Waals surface area contributed by atoms with Crippen molar-refractivity contribution in [3.63, 3.8) is 0 Å². The maximum absolute atomic E-state index is 12.4. The number of sulfonamides is 1. The summed E-state index contributed by atoms with van der Waals surface area (Å²) in [4.78, 5) is 0. The van der Waals surface area contributed by atoms with Gasteiger partial charge in [-0.1, -0.05) is 18.2 Å². The Hall–Kier alpha value is -1.11. The highest BCUT2D eigenvalue weighted by Crippen LogP contribution is 2.19. The standard InChI is InChI=1S/C15H24N2O3S/c1-13(20-2)12-21(18,19)17-10-6-9-15(11-17)16-14-7-4-3-5-8-14/h3-5,7-8,13,15-16H,6,9-12H2,1-2H3. The molecule has 1 saturated heterocycles. The summed E-state index contributed by atoms with van der Waals surface area (Å²) in [5.41, 5.74) is 1.03. The quantitative estimate of drug-likeness (QED) is 0.872. The first-order chi connectivity index (χ1) is 10.0. The fourth-order valence-electron chi connectivity index (χ4n) is 2.55. The predicted octanol–water partition coefficient (Wildman–Crippen LogP) is 1.93. The third kappa shape index (κ3) is 4.69. The summed E-state index contributed by atoms with van der Waals surface area (Å²) < 4.78 is 31.4. The van der Waals surface area contributed by atoms with Gasteiger partial charge < -0.3 is 10.1 Å². The van der Waals surface area contributed by atoms with Gasteiger partial charge in [0.05, 0.1) is 11.9 Å². The van der Waals surface area contributed by atoms with E-state index in [4.69, 9.17) is 4.74 Å². The average Bonchev–Trinajstić information content (AvgIpc) is 2.48. The summed E-state index contributed by atoms with van der Waals surface area (Å²) in [6.45, 7) is 2.90. The van der Waals surface area contributed by atoms with Crippen molar-refractivity contribution < 1.29 is 13.2 Å². The van der Waals surface area contributed by atoms with E-state index in [0.717, 1.165) is 18.5 Å². The van der Waals surface area contributed by atoms with Gasteiger partial charge in [-0.2, -0.15) is 4.31 Å². The van der Waals surface area contributed by atoms with E-state index in [-0.39, 0.29) is 17.9 Å². The van der Waals surface area contributed by atoms with Crippen LogP contribution >= 0.6 is 0 Å². The Bertz CT molecular complexity index is 533. The van der Waals surface area contributed by atoms with Crippen molar-refractivity contribution in [2.45, 2.75) is 31.9 Å². The van der Waals surface area contributed by atoms with Gasteiger partial charge in [0.1, 0.15) is 0 Å². The zero-order valence-corrected chi connectivity index (χ0v) is 13.5. The molecule has 1 N–H and O–H groups in total. The van der Waals surface area contributed by atoms with Crippen molar-refractivity contribution in [1.82, 2.24) is 4.31 Å². The molecular formula is C15H24N2O3S. The van der Waals surface area contributed by atoms with E-state index in [1.165, 1.54) is 7.11 Å². The number of nitrogens with one attached hydrogen (secondary N) is 1. The second-order valence-electron chi connectivity index (χ2n) is 5.53. The van der Waals surface area contributed by atoms with Crippen molar-refractivity contribution in [1.29, 1.82) is 0 Å². The molecule has 0 amide bonds. The summed E-state index contributed by atoms with van der Waals surface area (Å²) in [7, 11) is -1.71. The molecule has 0 spiro atoms. The average molecular weight is 312 g/mol. The third-order valence-electron chi connectivity index (χ3n) is 3.77. The highest BCUT2D eigenvalue weighted by Gasteiger charge is 2.30. The molecule has 1 heterocycles. The monoisotopic (exact) mass is 312 g/mol. The molecule has 0 bridgehead atoms. The summed E-state index contributed by atoms with van der Waals surface area (Å²) in [5, 5.41) is 3.41. The van der Waals surface area contributed by atoms with E-state index in [1.807, 2.05) is 30.3 Å². The fraction of sp³-hybridized carbons (Fsp3) is 0.600. The topological polar surface area (TPSA) is 58.6 Å². The highest BCUT2D eigenvalue weighted by atomic mass is 32.2. The van der Waals surface area contributed by atoms with Gasteiger partial charge in [-0.15, -0.1) is 0 Å². The molecule has 0 aliphatic carbocycles. The van der Waals surface area contributed by atoms with Gasteiger partial charge in [-0.3, -0.25) is 0 Å². The molecule has 2 rings (SSSR count). The lowest BCUT2D eigenvalue weighted by Gasteiger charge is -2.33. The molecule has 0 aromatic heterocycles. The van der Waals surface area contributed by atoms with E-state index in [9.17, 15) is 8.42 Å². The zero-order chi connectivity index (χ0) is 15.3. The summed E-state index contributed by atoms with van der Waals surface area (Å²) in [5.74, 6) is 0.0432. The molecule has 2 atom stereocenters. The van der Waals surface area contributed by atoms with E-state index >= 15 is 0 Å². The zero-order valence-electron chi connectivity index (χ0n) is 12.7. The van der Waals surface area contributed by atoms with E-state index in [1.54, 1.807) is 11.2 Å². The van der Waals surface area contributed by atoms with Crippen molar-refractivity contribution in [2.75, 3.05) is 31.3 Å². The van der Waals surface area contributed by atoms with Crippen LogP contribution in [0.3, 0.4) is 0 Å². The lowest BCUT2D eigenvalue weighted by molar-refractivity contribution is 0.134. The van der Waals surface area contributed by atoms with Crippen LogP contribution in [0.25, 0.3) is 0 Å². The summed E-state index contributed by atoms with van der Waals surface area (Å²) in [6, 6.07) is 10.1. The van der Waals surface area contributed by atoms with Gasteiger partial charge in [0.25, 0.3) is 0 Å². The molecule has 1 fully saturated rings. The molecule has 1 aliphatic rings. The van der Waals surface area contributed by atoms with Crippen LogP contribution in [0, 0.1) is 0 Å². The Morgan fingerprint density at radius 2 is 2.10 bits per heavy atom. The van der Waals surface area contributed by atoms with Crippen LogP contribution in [0.15, 0.2) is 30.3 Å². The number of hydrogen-bond acceptors (Lipinski definition) is 4. The van der Waals surface area contributed by atoms with Gasteiger partial charge in [-0.25, -0.2) is 8.42 Å². The number of benzene rings is 1. The highest BCUT2D eigenvalue weighted by molar-refractivity contribution is 7.89. The molecule has 1 aromatic carbocycles. The van der Waals surface area contributed by atoms with Crippen molar-refractivity contribution >= 4 is 15.7 Å². The SMILES string of the molecule is COC(C)CS(=O)(=O)N1CCCC(Nc2ccccc2)C1. The number of hydrogen-bond donors (Lipinski definition) is 1. The molecule has 2 unspecified atom stereocenters. The summed E-state index contributed by atoms with van der Waals surface area (Å²) in [6.07, 6.45) is 1.59. The first-order valence-electron chi connectivity index (χ1n) is 7.33. The lowest BCUT2D eigenvalue weighted by atomic mass is 10.1. The number of para-hydroxylation sites is 1. The molecule has 0 radical (unpaired) electrons. The molecule has 6 heteroatoms. The minimum absolute atomic E-state index is 0.0432. The van der Waals surface area contributed by atoms with Crippen molar-refractivity contribution in [2.24, 2.45) is 0 Å². The maximum Gasteiger partial charge on any atom is 0.216 e. The normalized spacial score (nSPS) is 21.9. The van der Waals surface area contributed by atoms with Crippen LogP contribution in [0.2, 0.25) is 0 Å². The minimum atomic E-state index is -3.25. The fourth-order valence-corrected chi connectivity index (χ4v) is 4.31. The minimum Gasteiger partial charge on any atom is -0.381 e. The third-order valence-corrected chi connectivity index (χ3v) is 5.78. The van der Waals surface area contributed by atoms with E-state index in [0.29, 0.717) is 13.1 Å². The molecule has 0 saturated carbocycles. The van der Waals surface area contributed by atoms with Crippen LogP contribution in [0.5, 0.6) is 0 Å². The first-order valence-corrected chi connectivity index (χ1v) is 8.94. The second-order valence-corrected chi connectivity index (χ2v) is 7.55. The number of rotatable bonds is 6. The smallest absolute Gasteiger partial charge is 0.216 e. The van der Waals surface area contributed by atoms with Crippen LogP contribution in [-0.2, 0) is 14.8 Å². The van der Waals surface area contributed by atoms with Crippen molar-refractivity contribution in [3.8, 4) is 0 Å². The number of anilines is 1. The van der Waals surface area contributed by atoms with Gasteiger partial charge in [-0.05, 0) is 31.9 Å². The van der Waals surface area contributed by atoms with Crippen molar-refractivity contribution in [3.05, 3.63) is 30.3 Å². The van der Waals surface area contributed by atoms with Crippen LogP contribution in [0.4, 0.5) is 5.69 Å². The molecule has 1 aromatic rings. The predicted molar refractivity (Wildman–Crippen MR) is 84.9 cm³/mol. The number of piperidine rings is 1. The van der Waals surface area contributed by atoms with E-state index in [2.05, 4.69) is 5.32 Å². The summed E-state index contributed by atoms with van der Waals surface area (Å²) >= 11 is 0. The number of methoxy groups -OCH3 is 1. The molecule has 118 valence electrons. The second kappa shape index (κ2) is 7.24. The Balaban J connectivity index is 1.97. The first kappa shape index (κ1) is 16.3. The number of ether oxygens (including phenoxy) is 1. The molecule has 1 aliphatic heterocycles. The number of nitrogens with zero attached hydrogens (tertiary/aromatic N) is 1. The Morgan fingerprint density at radius 3 is 2.76 bits per heavy atom.